The number of ketones is 1. The number of para-hydroxylation sites is 1. The predicted molar refractivity (Wildman–Crippen MR) is 117 cm³/mol. The number of methoxy groups -OCH3 is 1. The topological polar surface area (TPSA) is 87.1 Å². The molecule has 3 aromatic rings. The highest BCUT2D eigenvalue weighted by molar-refractivity contribution is 6.51. The summed E-state index contributed by atoms with van der Waals surface area (Å²) in [5, 5.41) is 21.3. The van der Waals surface area contributed by atoms with Crippen molar-refractivity contribution in [3.05, 3.63) is 94.5 Å². The average Bonchev–Trinajstić information content (AvgIpc) is 3.05. The molecular formula is C24H18ClNO5. The lowest BCUT2D eigenvalue weighted by atomic mass is 9.94. The molecule has 1 saturated heterocycles. The second-order valence-corrected chi connectivity index (χ2v) is 7.37. The predicted octanol–water partition coefficient (Wildman–Crippen LogP) is 4.68. The summed E-state index contributed by atoms with van der Waals surface area (Å²) in [6.07, 6.45) is 0. The maximum absolute atomic E-state index is 13.1. The van der Waals surface area contributed by atoms with Gasteiger partial charge in [0.05, 0.1) is 24.3 Å². The number of phenolic OH excluding ortho intramolecular Hbond substituents is 1. The summed E-state index contributed by atoms with van der Waals surface area (Å²) in [5.74, 6) is -1.54. The van der Waals surface area contributed by atoms with Crippen LogP contribution >= 0.6 is 11.6 Å². The first-order valence-corrected chi connectivity index (χ1v) is 9.79. The SMILES string of the molecule is COc1ccccc1/C(O)=C1/C(=O)C(=O)N(c2ccc(Cl)cc2)C1c1ccc(O)cc1. The van der Waals surface area contributed by atoms with Crippen molar-refractivity contribution in [3.8, 4) is 11.5 Å². The largest absolute Gasteiger partial charge is 0.508 e. The molecule has 0 spiro atoms. The van der Waals surface area contributed by atoms with Gasteiger partial charge in [0.25, 0.3) is 11.7 Å². The van der Waals surface area contributed by atoms with Gasteiger partial charge >= 0.3 is 0 Å². The first kappa shape index (κ1) is 20.5. The molecule has 1 amide bonds. The number of phenols is 1. The lowest BCUT2D eigenvalue weighted by Gasteiger charge is -2.25. The van der Waals surface area contributed by atoms with E-state index in [1.54, 1.807) is 60.7 Å². The number of aromatic hydroxyl groups is 1. The van der Waals surface area contributed by atoms with E-state index in [2.05, 4.69) is 0 Å². The van der Waals surface area contributed by atoms with Crippen molar-refractivity contribution in [2.24, 2.45) is 0 Å². The standard InChI is InChI=1S/C24H18ClNO5/c1-31-19-5-3-2-4-18(19)22(28)20-21(14-6-12-17(27)13-7-14)26(24(30)23(20)29)16-10-8-15(25)9-11-16/h2-13,21,27-28H,1H3/b22-20-. The van der Waals surface area contributed by atoms with Crippen molar-refractivity contribution >= 4 is 34.7 Å². The lowest BCUT2D eigenvalue weighted by Crippen LogP contribution is -2.29. The van der Waals surface area contributed by atoms with E-state index >= 15 is 0 Å². The minimum absolute atomic E-state index is 0.0388. The number of carbonyl (C=O) groups is 2. The van der Waals surface area contributed by atoms with Crippen molar-refractivity contribution in [3.63, 3.8) is 0 Å². The summed E-state index contributed by atoms with van der Waals surface area (Å²) >= 11 is 5.99. The molecule has 0 aliphatic carbocycles. The van der Waals surface area contributed by atoms with Gasteiger partial charge in [-0.25, -0.2) is 0 Å². The quantitative estimate of drug-likeness (QED) is 0.353. The van der Waals surface area contributed by atoms with Gasteiger partial charge in [-0.05, 0) is 54.1 Å². The Morgan fingerprint density at radius 2 is 1.61 bits per heavy atom. The Hall–Kier alpha value is -3.77. The fourth-order valence-corrected chi connectivity index (χ4v) is 3.78. The number of rotatable bonds is 4. The van der Waals surface area contributed by atoms with Gasteiger partial charge in [-0.1, -0.05) is 35.9 Å². The molecule has 0 radical (unpaired) electrons. The molecule has 1 atom stereocenters. The third-order valence-electron chi connectivity index (χ3n) is 5.12. The first-order chi connectivity index (χ1) is 14.9. The minimum Gasteiger partial charge on any atom is -0.508 e. The number of anilines is 1. The van der Waals surface area contributed by atoms with Gasteiger partial charge in [0, 0.05) is 10.7 Å². The van der Waals surface area contributed by atoms with Gasteiger partial charge in [0.15, 0.2) is 0 Å². The van der Waals surface area contributed by atoms with E-state index in [0.29, 0.717) is 27.6 Å². The van der Waals surface area contributed by atoms with E-state index in [-0.39, 0.29) is 17.1 Å². The van der Waals surface area contributed by atoms with E-state index < -0.39 is 17.7 Å². The van der Waals surface area contributed by atoms with E-state index in [0.717, 1.165) is 0 Å². The van der Waals surface area contributed by atoms with Crippen LogP contribution in [0.4, 0.5) is 5.69 Å². The van der Waals surface area contributed by atoms with Crippen LogP contribution in [0.15, 0.2) is 78.4 Å². The molecule has 6 nitrogen and oxygen atoms in total. The Labute approximate surface area is 183 Å². The molecular weight excluding hydrogens is 418 g/mol. The molecule has 1 heterocycles. The van der Waals surface area contributed by atoms with Gasteiger partial charge in [0.2, 0.25) is 0 Å². The van der Waals surface area contributed by atoms with Crippen LogP contribution in [-0.4, -0.2) is 29.0 Å². The molecule has 1 aliphatic heterocycles. The number of ether oxygens (including phenoxy) is 1. The summed E-state index contributed by atoms with van der Waals surface area (Å²) in [7, 11) is 1.45. The summed E-state index contributed by atoms with van der Waals surface area (Å²) in [5.41, 5.74) is 1.21. The molecule has 156 valence electrons. The molecule has 0 saturated carbocycles. The fourth-order valence-electron chi connectivity index (χ4n) is 3.66. The molecule has 0 aromatic heterocycles. The smallest absolute Gasteiger partial charge is 0.300 e. The lowest BCUT2D eigenvalue weighted by molar-refractivity contribution is -0.132. The third kappa shape index (κ3) is 3.62. The maximum Gasteiger partial charge on any atom is 0.300 e. The molecule has 0 bridgehead atoms. The van der Waals surface area contributed by atoms with Gasteiger partial charge in [-0.15, -0.1) is 0 Å². The van der Waals surface area contributed by atoms with Gasteiger partial charge in [0.1, 0.15) is 17.3 Å². The van der Waals surface area contributed by atoms with Crippen molar-refractivity contribution in [2.75, 3.05) is 12.0 Å². The number of halogens is 1. The first-order valence-electron chi connectivity index (χ1n) is 9.41. The van der Waals surface area contributed by atoms with Crippen LogP contribution < -0.4 is 9.64 Å². The van der Waals surface area contributed by atoms with Crippen molar-refractivity contribution in [1.29, 1.82) is 0 Å². The zero-order valence-electron chi connectivity index (χ0n) is 16.4. The monoisotopic (exact) mass is 435 g/mol. The van der Waals surface area contributed by atoms with Gasteiger partial charge in [-0.3, -0.25) is 14.5 Å². The maximum atomic E-state index is 13.1. The van der Waals surface area contributed by atoms with Crippen molar-refractivity contribution in [1.82, 2.24) is 0 Å². The molecule has 1 aliphatic rings. The molecule has 4 rings (SSSR count). The normalized spacial score (nSPS) is 17.7. The summed E-state index contributed by atoms with van der Waals surface area (Å²) in [6, 6.07) is 18.4. The molecule has 3 aromatic carbocycles. The Bertz CT molecular complexity index is 1190. The number of aliphatic hydroxyl groups excluding tert-OH is 1. The molecule has 2 N–H and O–H groups in total. The number of aliphatic hydroxyl groups is 1. The van der Waals surface area contributed by atoms with E-state index in [4.69, 9.17) is 16.3 Å². The number of amides is 1. The van der Waals surface area contributed by atoms with Crippen molar-refractivity contribution < 1.29 is 24.5 Å². The van der Waals surface area contributed by atoms with Crippen LogP contribution in [0.5, 0.6) is 11.5 Å². The third-order valence-corrected chi connectivity index (χ3v) is 5.37. The zero-order valence-corrected chi connectivity index (χ0v) is 17.2. The number of carbonyl (C=O) groups excluding carboxylic acids is 2. The number of benzene rings is 3. The molecule has 1 fully saturated rings. The van der Waals surface area contributed by atoms with E-state index in [1.807, 2.05) is 0 Å². The molecule has 1 unspecified atom stereocenters. The van der Waals surface area contributed by atoms with Crippen LogP contribution in [0, 0.1) is 0 Å². The van der Waals surface area contributed by atoms with Crippen LogP contribution in [0.1, 0.15) is 17.2 Å². The van der Waals surface area contributed by atoms with Crippen molar-refractivity contribution in [2.45, 2.75) is 6.04 Å². The molecule has 31 heavy (non-hydrogen) atoms. The summed E-state index contributed by atoms with van der Waals surface area (Å²) < 4.78 is 5.32. The van der Waals surface area contributed by atoms with E-state index in [9.17, 15) is 19.8 Å². The van der Waals surface area contributed by atoms with Crippen LogP contribution in [0.25, 0.3) is 5.76 Å². The van der Waals surface area contributed by atoms with Crippen LogP contribution in [0.2, 0.25) is 5.02 Å². The number of nitrogens with zero attached hydrogens (tertiary/aromatic N) is 1. The number of hydrogen-bond donors (Lipinski definition) is 2. The fraction of sp³-hybridized carbons (Fsp3) is 0.0833. The average molecular weight is 436 g/mol. The Morgan fingerprint density at radius 3 is 2.26 bits per heavy atom. The number of hydrogen-bond acceptors (Lipinski definition) is 5. The summed E-state index contributed by atoms with van der Waals surface area (Å²) in [6.45, 7) is 0. The Kier molecular flexibility index (Phi) is 5.40. The summed E-state index contributed by atoms with van der Waals surface area (Å²) in [4.78, 5) is 27.5. The van der Waals surface area contributed by atoms with Crippen LogP contribution in [0.3, 0.4) is 0 Å². The number of Topliss-reactive ketones (excluding diaryl/α,β-unsaturated/α-hetero) is 1. The second kappa shape index (κ2) is 8.16. The minimum atomic E-state index is -0.910. The van der Waals surface area contributed by atoms with Crippen LogP contribution in [-0.2, 0) is 9.59 Å². The Morgan fingerprint density at radius 1 is 0.968 bits per heavy atom. The zero-order chi connectivity index (χ0) is 22.1. The second-order valence-electron chi connectivity index (χ2n) is 6.94. The van der Waals surface area contributed by atoms with Gasteiger partial charge < -0.3 is 14.9 Å². The molecule has 7 heteroatoms. The highest BCUT2D eigenvalue weighted by Crippen LogP contribution is 2.43. The Balaban J connectivity index is 1.96. The highest BCUT2D eigenvalue weighted by Gasteiger charge is 2.47. The van der Waals surface area contributed by atoms with E-state index in [1.165, 1.54) is 24.1 Å². The van der Waals surface area contributed by atoms with Gasteiger partial charge in [-0.2, -0.15) is 0 Å². The highest BCUT2D eigenvalue weighted by atomic mass is 35.5.